The highest BCUT2D eigenvalue weighted by Gasteiger charge is 2.14. The first-order valence-corrected chi connectivity index (χ1v) is 9.10. The summed E-state index contributed by atoms with van der Waals surface area (Å²) in [5.74, 6) is 1.41. The van der Waals surface area contributed by atoms with Gasteiger partial charge in [0.1, 0.15) is 11.5 Å². The van der Waals surface area contributed by atoms with Crippen LogP contribution in [0.1, 0.15) is 31.9 Å². The van der Waals surface area contributed by atoms with Crippen LogP contribution < -0.4 is 15.4 Å². The number of hydrogen-bond donors (Lipinski definition) is 2. The molecule has 0 radical (unpaired) electrons. The smallest absolute Gasteiger partial charge is 0.319 e. The summed E-state index contributed by atoms with van der Waals surface area (Å²) in [6.07, 6.45) is 4.54. The molecule has 0 spiro atoms. The van der Waals surface area contributed by atoms with Crippen LogP contribution in [0.5, 0.6) is 11.5 Å². The summed E-state index contributed by atoms with van der Waals surface area (Å²) in [4.78, 5) is 12.4. The first-order valence-electron chi connectivity index (χ1n) is 9.10. The Hall–Kier alpha value is -3.28. The van der Waals surface area contributed by atoms with Gasteiger partial charge in [0.25, 0.3) is 0 Å². The topological polar surface area (TPSA) is 68.2 Å². The second-order valence-corrected chi connectivity index (χ2v) is 6.13. The van der Waals surface area contributed by atoms with Crippen molar-refractivity contribution in [2.24, 2.45) is 0 Å². The molecule has 1 atom stereocenters. The largest absolute Gasteiger partial charge is 0.457 e. The van der Waals surface area contributed by atoms with Crippen LogP contribution in [0, 0.1) is 0 Å². The zero-order valence-electron chi connectivity index (χ0n) is 15.6. The molecule has 0 aliphatic heterocycles. The number of amides is 2. The lowest BCUT2D eigenvalue weighted by molar-refractivity contribution is 0.248. The molecule has 0 unspecified atom stereocenters. The van der Waals surface area contributed by atoms with Crippen LogP contribution in [0.4, 0.5) is 10.5 Å². The molecule has 1 heterocycles. The molecule has 140 valence electrons. The van der Waals surface area contributed by atoms with Crippen LogP contribution in [0.2, 0.25) is 0 Å². The molecule has 0 saturated carbocycles. The number of aromatic nitrogens is 2. The third-order valence-electron chi connectivity index (χ3n) is 4.16. The van der Waals surface area contributed by atoms with E-state index in [4.69, 9.17) is 4.74 Å². The summed E-state index contributed by atoms with van der Waals surface area (Å²) in [6.45, 7) is 4.86. The number of carbonyl (C=O) groups excluding carboxylic acids is 1. The van der Waals surface area contributed by atoms with E-state index in [0.29, 0.717) is 11.4 Å². The average Bonchev–Trinajstić information content (AvgIpc) is 3.16. The van der Waals surface area contributed by atoms with Crippen molar-refractivity contribution in [3.63, 3.8) is 0 Å². The summed E-state index contributed by atoms with van der Waals surface area (Å²) in [6, 6.07) is 16.5. The Morgan fingerprint density at radius 1 is 1.11 bits per heavy atom. The fraction of sp³-hybridized carbons (Fsp3) is 0.238. The number of hydrogen-bond acceptors (Lipinski definition) is 3. The van der Waals surface area contributed by atoms with Gasteiger partial charge in [0.15, 0.2) is 0 Å². The fourth-order valence-electron chi connectivity index (χ4n) is 2.74. The number of anilines is 1. The van der Waals surface area contributed by atoms with Gasteiger partial charge in [0.2, 0.25) is 0 Å². The van der Waals surface area contributed by atoms with Gasteiger partial charge >= 0.3 is 6.03 Å². The van der Waals surface area contributed by atoms with Crippen molar-refractivity contribution < 1.29 is 9.53 Å². The van der Waals surface area contributed by atoms with Gasteiger partial charge in [-0.15, -0.1) is 0 Å². The molecule has 2 N–H and O–H groups in total. The molecule has 0 bridgehead atoms. The van der Waals surface area contributed by atoms with Gasteiger partial charge in [-0.25, -0.2) is 4.79 Å². The average molecular weight is 364 g/mol. The normalized spacial score (nSPS) is 11.6. The van der Waals surface area contributed by atoms with Crippen molar-refractivity contribution >= 4 is 11.7 Å². The monoisotopic (exact) mass is 364 g/mol. The Kier molecular flexibility index (Phi) is 6.10. The minimum Gasteiger partial charge on any atom is -0.457 e. The molecular formula is C21H24N4O2. The lowest BCUT2D eigenvalue weighted by atomic mass is 10.1. The van der Waals surface area contributed by atoms with Crippen LogP contribution in [0.25, 0.3) is 0 Å². The van der Waals surface area contributed by atoms with Crippen molar-refractivity contribution in [3.8, 4) is 11.5 Å². The van der Waals surface area contributed by atoms with Gasteiger partial charge in [-0.05, 0) is 37.6 Å². The van der Waals surface area contributed by atoms with E-state index in [1.54, 1.807) is 12.3 Å². The van der Waals surface area contributed by atoms with Crippen LogP contribution in [0.3, 0.4) is 0 Å². The van der Waals surface area contributed by atoms with Gasteiger partial charge in [-0.3, -0.25) is 4.68 Å². The molecule has 2 aromatic carbocycles. The molecular weight excluding hydrogens is 340 g/mol. The lowest BCUT2D eigenvalue weighted by Crippen LogP contribution is -2.32. The van der Waals surface area contributed by atoms with E-state index >= 15 is 0 Å². The predicted molar refractivity (Wildman–Crippen MR) is 106 cm³/mol. The summed E-state index contributed by atoms with van der Waals surface area (Å²) < 4.78 is 7.65. The first-order chi connectivity index (χ1) is 13.2. The number of carbonyl (C=O) groups is 1. The number of aryl methyl sites for hydroxylation is 1. The molecule has 0 fully saturated rings. The number of nitrogens with one attached hydrogen (secondary N) is 2. The minimum atomic E-state index is -0.261. The first kappa shape index (κ1) is 18.5. The van der Waals surface area contributed by atoms with E-state index in [0.717, 1.165) is 24.3 Å². The Bertz CT molecular complexity index is 877. The number of ether oxygens (including phenoxy) is 1. The van der Waals surface area contributed by atoms with E-state index in [1.165, 1.54) is 0 Å². The molecule has 0 aliphatic rings. The maximum atomic E-state index is 12.4. The SMILES string of the molecule is CC[C@H](NC(=O)Nc1cccc(Oc2ccccc2)c1)c1cnn(CC)c1. The number of nitrogens with zero attached hydrogens (tertiary/aromatic N) is 2. The van der Waals surface area contributed by atoms with Crippen LogP contribution in [0.15, 0.2) is 67.0 Å². The number of urea groups is 1. The number of para-hydroxylation sites is 1. The van der Waals surface area contributed by atoms with Gasteiger partial charge < -0.3 is 15.4 Å². The summed E-state index contributed by atoms with van der Waals surface area (Å²) >= 11 is 0. The minimum absolute atomic E-state index is 0.0888. The van der Waals surface area contributed by atoms with Gasteiger partial charge in [-0.2, -0.15) is 5.10 Å². The summed E-state index contributed by atoms with van der Waals surface area (Å²) in [7, 11) is 0. The Morgan fingerprint density at radius 2 is 1.89 bits per heavy atom. The van der Waals surface area contributed by atoms with Crippen molar-refractivity contribution in [1.29, 1.82) is 0 Å². The van der Waals surface area contributed by atoms with E-state index in [2.05, 4.69) is 15.7 Å². The van der Waals surface area contributed by atoms with Crippen LogP contribution in [-0.4, -0.2) is 15.8 Å². The molecule has 6 nitrogen and oxygen atoms in total. The lowest BCUT2D eigenvalue weighted by Gasteiger charge is -2.16. The molecule has 1 aromatic heterocycles. The van der Waals surface area contributed by atoms with Gasteiger partial charge in [-0.1, -0.05) is 31.2 Å². The third kappa shape index (κ3) is 5.10. The molecule has 3 aromatic rings. The zero-order chi connectivity index (χ0) is 19.1. The zero-order valence-corrected chi connectivity index (χ0v) is 15.6. The van der Waals surface area contributed by atoms with E-state index in [9.17, 15) is 4.79 Å². The van der Waals surface area contributed by atoms with E-state index in [-0.39, 0.29) is 12.1 Å². The second kappa shape index (κ2) is 8.89. The highest BCUT2D eigenvalue weighted by Crippen LogP contribution is 2.24. The maximum absolute atomic E-state index is 12.4. The highest BCUT2D eigenvalue weighted by atomic mass is 16.5. The van der Waals surface area contributed by atoms with Crippen molar-refractivity contribution in [2.45, 2.75) is 32.9 Å². The van der Waals surface area contributed by atoms with Gasteiger partial charge in [0, 0.05) is 30.1 Å². The number of benzene rings is 2. The Labute approximate surface area is 159 Å². The van der Waals surface area contributed by atoms with Crippen molar-refractivity contribution in [3.05, 3.63) is 72.6 Å². The van der Waals surface area contributed by atoms with Crippen molar-refractivity contribution in [2.75, 3.05) is 5.32 Å². The third-order valence-corrected chi connectivity index (χ3v) is 4.16. The van der Waals surface area contributed by atoms with E-state index in [1.807, 2.05) is 73.3 Å². The predicted octanol–water partition coefficient (Wildman–Crippen LogP) is 4.97. The van der Waals surface area contributed by atoms with E-state index < -0.39 is 0 Å². The highest BCUT2D eigenvalue weighted by molar-refractivity contribution is 5.89. The van der Waals surface area contributed by atoms with Crippen LogP contribution >= 0.6 is 0 Å². The Morgan fingerprint density at radius 3 is 2.59 bits per heavy atom. The molecule has 0 saturated heterocycles. The fourth-order valence-corrected chi connectivity index (χ4v) is 2.74. The quantitative estimate of drug-likeness (QED) is 0.622. The molecule has 2 amide bonds. The molecule has 0 aliphatic carbocycles. The van der Waals surface area contributed by atoms with Gasteiger partial charge in [0.05, 0.1) is 12.2 Å². The maximum Gasteiger partial charge on any atom is 0.319 e. The molecule has 3 rings (SSSR count). The van der Waals surface area contributed by atoms with Crippen molar-refractivity contribution in [1.82, 2.24) is 15.1 Å². The second-order valence-electron chi connectivity index (χ2n) is 6.13. The number of rotatable bonds is 7. The Balaban J connectivity index is 1.62. The summed E-state index contributed by atoms with van der Waals surface area (Å²) in [5.41, 5.74) is 1.66. The summed E-state index contributed by atoms with van der Waals surface area (Å²) in [5, 5.41) is 10.1. The standard InChI is InChI=1S/C21H24N4O2/c1-3-20(16-14-22-25(4-2)15-16)24-21(26)23-17-9-8-12-19(13-17)27-18-10-6-5-7-11-18/h5-15,20H,3-4H2,1-2H3,(H2,23,24,26)/t20-/m0/s1. The molecule has 27 heavy (non-hydrogen) atoms. The molecule has 6 heteroatoms. The van der Waals surface area contributed by atoms with Crippen LogP contribution in [-0.2, 0) is 6.54 Å².